The number of rotatable bonds is 0. The second-order valence-electron chi connectivity index (χ2n) is 1.84. The van der Waals surface area contributed by atoms with Crippen molar-refractivity contribution in [3.63, 3.8) is 0 Å². The van der Waals surface area contributed by atoms with Crippen LogP contribution in [-0.4, -0.2) is 20.9 Å². The Balaban J connectivity index is 2.95. The molecule has 0 saturated heterocycles. The Kier molecular flexibility index (Phi) is 1.29. The van der Waals surface area contributed by atoms with Gasteiger partial charge in [0.15, 0.2) is 0 Å². The van der Waals surface area contributed by atoms with Crippen LogP contribution >= 0.6 is 0 Å². The fourth-order valence-electron chi connectivity index (χ4n) is 0.782. The van der Waals surface area contributed by atoms with Crippen molar-refractivity contribution in [1.29, 1.82) is 0 Å². The summed E-state index contributed by atoms with van der Waals surface area (Å²) in [6.07, 6.45) is 1.86. The Hall–Kier alpha value is -0.320. The number of benzene rings is 1. The average molecular weight is 233 g/mol. The van der Waals surface area contributed by atoms with E-state index in [1.54, 1.807) is 0 Å². The monoisotopic (exact) mass is 235 g/mol. The second-order valence-corrected chi connectivity index (χ2v) is 4.12. The molecule has 1 aromatic heterocycles. The molecule has 2 heteroatoms. The van der Waals surface area contributed by atoms with Gasteiger partial charge in [0.2, 0.25) is 0 Å². The van der Waals surface area contributed by atoms with E-state index in [-0.39, 0.29) is 20.9 Å². The van der Waals surface area contributed by atoms with E-state index < -0.39 is 0 Å². The molecule has 1 nitrogen and oxygen atoms in total. The molecule has 1 aromatic carbocycles. The van der Waals surface area contributed by atoms with Gasteiger partial charge in [-0.15, -0.1) is 0 Å². The van der Waals surface area contributed by atoms with Gasteiger partial charge in [0.1, 0.15) is 0 Å². The summed E-state index contributed by atoms with van der Waals surface area (Å²) in [5.41, 5.74) is 0. The van der Waals surface area contributed by atoms with Crippen molar-refractivity contribution in [2.24, 2.45) is 0 Å². The van der Waals surface area contributed by atoms with Crippen LogP contribution < -0.4 is 0 Å². The third-order valence-electron chi connectivity index (χ3n) is 1.23. The maximum atomic E-state index is 5.22. The maximum absolute atomic E-state index is 5.22. The van der Waals surface area contributed by atoms with E-state index in [4.69, 9.17) is 2.76 Å². The summed E-state index contributed by atoms with van der Waals surface area (Å²) >= 11 is -0.293. The molecule has 44 valence electrons. The molecule has 0 amide bonds. The zero-order chi connectivity index (χ0) is 6.10. The quantitative estimate of drug-likeness (QED) is 0.498. The average Bonchev–Trinajstić information content (AvgIpc) is 2.33. The predicted molar refractivity (Wildman–Crippen MR) is 37.6 cm³/mol. The third-order valence-corrected chi connectivity index (χ3v) is 3.35. The van der Waals surface area contributed by atoms with Crippen molar-refractivity contribution in [2.75, 3.05) is 0 Å². The summed E-state index contributed by atoms with van der Waals surface area (Å²) in [5.74, 6) is 0. The molecule has 0 aliphatic heterocycles. The van der Waals surface area contributed by atoms with Gasteiger partial charge in [0, 0.05) is 0 Å². The van der Waals surface area contributed by atoms with E-state index in [2.05, 4.69) is 18.2 Å². The van der Waals surface area contributed by atoms with Crippen LogP contribution in [0.2, 0.25) is 0 Å². The van der Waals surface area contributed by atoms with Gasteiger partial charge in [-0.05, 0) is 0 Å². The van der Waals surface area contributed by atoms with Crippen LogP contribution in [0, 0.1) is 0 Å². The zero-order valence-corrected chi connectivity index (χ0v) is 7.03. The van der Waals surface area contributed by atoms with E-state index >= 15 is 0 Å². The SMILES string of the molecule is c1ccc2[te][o+]cc2c1. The number of hydrogen-bond acceptors (Lipinski definition) is 0. The van der Waals surface area contributed by atoms with Gasteiger partial charge in [-0.25, -0.2) is 0 Å². The Labute approximate surface area is 63.1 Å². The van der Waals surface area contributed by atoms with Crippen LogP contribution in [0.5, 0.6) is 0 Å². The molecule has 1 heterocycles. The van der Waals surface area contributed by atoms with Gasteiger partial charge >= 0.3 is 62.9 Å². The topological polar surface area (TPSA) is 11.3 Å². The molecule has 0 spiro atoms. The Morgan fingerprint density at radius 3 is 3.00 bits per heavy atom. The molecule has 0 N–H and O–H groups in total. The Bertz CT molecular complexity index is 283. The van der Waals surface area contributed by atoms with Crippen LogP contribution in [0.4, 0.5) is 0 Å². The van der Waals surface area contributed by atoms with Crippen molar-refractivity contribution in [2.45, 2.75) is 0 Å². The first-order valence-corrected chi connectivity index (χ1v) is 4.84. The zero-order valence-electron chi connectivity index (χ0n) is 4.70. The van der Waals surface area contributed by atoms with Gasteiger partial charge in [0.25, 0.3) is 0 Å². The van der Waals surface area contributed by atoms with Crippen molar-refractivity contribution in [1.82, 2.24) is 0 Å². The molecule has 0 unspecified atom stereocenters. The molecule has 0 saturated carbocycles. The summed E-state index contributed by atoms with van der Waals surface area (Å²) in [7, 11) is 0. The second kappa shape index (κ2) is 2.13. The molecule has 0 atom stereocenters. The molecular formula is C7H5OTe+. The van der Waals surface area contributed by atoms with Gasteiger partial charge in [0.05, 0.1) is 0 Å². The van der Waals surface area contributed by atoms with Crippen LogP contribution in [0.15, 0.2) is 33.3 Å². The fourth-order valence-corrected chi connectivity index (χ4v) is 2.50. The molecule has 0 bridgehead atoms. The number of fused-ring (bicyclic) bond motifs is 1. The van der Waals surface area contributed by atoms with E-state index in [1.165, 1.54) is 8.79 Å². The molecule has 0 fully saturated rings. The summed E-state index contributed by atoms with van der Waals surface area (Å²) in [6, 6.07) is 8.33. The van der Waals surface area contributed by atoms with Crippen molar-refractivity contribution in [3.05, 3.63) is 30.5 Å². The van der Waals surface area contributed by atoms with Crippen LogP contribution in [-0.2, 0) is 0 Å². The first kappa shape index (κ1) is 5.46. The first-order chi connectivity index (χ1) is 4.47. The standard InChI is InChI=1S/C7H5OTe/c1-2-4-7-6(3-1)5-8-9-7/h1-5H/q+1. The van der Waals surface area contributed by atoms with Gasteiger partial charge in [-0.1, -0.05) is 0 Å². The minimum atomic E-state index is -0.293. The normalized spacial score (nSPS) is 10.2. The van der Waals surface area contributed by atoms with E-state index in [1.807, 2.05) is 12.3 Å². The fraction of sp³-hybridized carbons (Fsp3) is 0. The van der Waals surface area contributed by atoms with Gasteiger partial charge in [-0.3, -0.25) is 0 Å². The summed E-state index contributed by atoms with van der Waals surface area (Å²) < 4.78 is 6.64. The molecule has 9 heavy (non-hydrogen) atoms. The molecule has 2 aromatic rings. The number of hydrogen-bond donors (Lipinski definition) is 0. The van der Waals surface area contributed by atoms with Crippen molar-refractivity contribution >= 4 is 29.7 Å². The minimum absolute atomic E-state index is 0.293. The van der Waals surface area contributed by atoms with Crippen LogP contribution in [0.3, 0.4) is 0 Å². The Morgan fingerprint density at radius 1 is 1.22 bits per heavy atom. The van der Waals surface area contributed by atoms with Gasteiger partial charge in [-0.2, -0.15) is 0 Å². The first-order valence-electron chi connectivity index (χ1n) is 2.72. The molecular weight excluding hydrogens is 228 g/mol. The van der Waals surface area contributed by atoms with E-state index in [0.717, 1.165) is 0 Å². The Morgan fingerprint density at radius 2 is 2.11 bits per heavy atom. The van der Waals surface area contributed by atoms with Crippen molar-refractivity contribution < 1.29 is 2.76 Å². The third kappa shape index (κ3) is 0.890. The summed E-state index contributed by atoms with van der Waals surface area (Å²) in [4.78, 5) is 0. The van der Waals surface area contributed by atoms with Crippen LogP contribution in [0.1, 0.15) is 0 Å². The van der Waals surface area contributed by atoms with Crippen molar-refractivity contribution in [3.8, 4) is 0 Å². The molecule has 2 rings (SSSR count). The van der Waals surface area contributed by atoms with Gasteiger partial charge < -0.3 is 0 Å². The summed E-state index contributed by atoms with van der Waals surface area (Å²) in [6.45, 7) is 0. The predicted octanol–water partition coefficient (Wildman–Crippen LogP) is 1.77. The van der Waals surface area contributed by atoms with E-state index in [9.17, 15) is 0 Å². The molecule has 0 aliphatic rings. The molecule has 0 aliphatic carbocycles. The van der Waals surface area contributed by atoms with E-state index in [0.29, 0.717) is 0 Å². The molecule has 0 radical (unpaired) electrons. The van der Waals surface area contributed by atoms with Crippen LogP contribution in [0.25, 0.3) is 8.79 Å². The summed E-state index contributed by atoms with van der Waals surface area (Å²) in [5, 5.41) is 1.28.